The van der Waals surface area contributed by atoms with E-state index in [-0.39, 0.29) is 23.7 Å². The van der Waals surface area contributed by atoms with E-state index < -0.39 is 17.4 Å². The monoisotopic (exact) mass is 375 g/mol. The van der Waals surface area contributed by atoms with Gasteiger partial charge in [-0.15, -0.1) is 0 Å². The van der Waals surface area contributed by atoms with Crippen molar-refractivity contribution in [1.29, 1.82) is 0 Å². The first-order chi connectivity index (χ1) is 12.8. The smallest absolute Gasteiger partial charge is 0.229 e. The summed E-state index contributed by atoms with van der Waals surface area (Å²) in [5.41, 5.74) is -0.713. The molecule has 0 saturated heterocycles. The number of amides is 1. The minimum absolute atomic E-state index is 0.0329. The predicted octanol–water partition coefficient (Wildman–Crippen LogP) is 3.34. The molecule has 2 aromatic carbocycles. The molecule has 1 aliphatic heterocycles. The van der Waals surface area contributed by atoms with E-state index in [0.29, 0.717) is 11.4 Å². The van der Waals surface area contributed by atoms with Crippen molar-refractivity contribution in [2.75, 3.05) is 19.5 Å². The van der Waals surface area contributed by atoms with Gasteiger partial charge >= 0.3 is 0 Å². The number of ether oxygens (including phenoxy) is 1. The molecule has 1 aliphatic rings. The van der Waals surface area contributed by atoms with Crippen LogP contribution in [0.15, 0.2) is 47.5 Å². The second-order valence-electron chi connectivity index (χ2n) is 6.28. The highest BCUT2D eigenvalue weighted by Gasteiger charge is 2.38. The van der Waals surface area contributed by atoms with E-state index in [9.17, 15) is 13.6 Å². The van der Waals surface area contributed by atoms with Gasteiger partial charge < -0.3 is 10.1 Å². The van der Waals surface area contributed by atoms with Crippen LogP contribution in [0.3, 0.4) is 0 Å². The van der Waals surface area contributed by atoms with Crippen LogP contribution in [-0.4, -0.2) is 36.7 Å². The summed E-state index contributed by atoms with van der Waals surface area (Å²) in [6.07, 6.45) is -0.116. The van der Waals surface area contributed by atoms with E-state index in [2.05, 4.69) is 10.3 Å². The van der Waals surface area contributed by atoms with Gasteiger partial charge in [0.2, 0.25) is 5.91 Å². The first-order valence-electron chi connectivity index (χ1n) is 8.22. The number of nitrogens with one attached hydrogen (secondary N) is 1. The summed E-state index contributed by atoms with van der Waals surface area (Å²) in [6, 6.07) is 9.99. The molecule has 27 heavy (non-hydrogen) atoms. The fourth-order valence-corrected chi connectivity index (χ4v) is 2.83. The largest absolute Gasteiger partial charge is 0.497 e. The highest BCUT2D eigenvalue weighted by molar-refractivity contribution is 6.00. The molecule has 8 heteroatoms. The van der Waals surface area contributed by atoms with Crippen molar-refractivity contribution in [1.82, 2.24) is 5.06 Å². The SMILES string of the molecule is COc1cccc(NC(=O)CC2(C)N=C(c3cc(F)ccc3F)N(C)O2)c1. The van der Waals surface area contributed by atoms with Crippen LogP contribution in [0.1, 0.15) is 18.9 Å². The standard InChI is InChI=1S/C19H19F2N3O3/c1-19(11-17(25)22-13-5-4-6-14(10-13)26-3)23-18(24(2)27-19)15-9-12(20)7-8-16(15)21/h4-10H,11H2,1-3H3,(H,22,25). The van der Waals surface area contributed by atoms with Gasteiger partial charge in [-0.25, -0.2) is 23.7 Å². The van der Waals surface area contributed by atoms with Crippen LogP contribution in [0, 0.1) is 11.6 Å². The molecule has 0 fully saturated rings. The lowest BCUT2D eigenvalue weighted by Gasteiger charge is -2.21. The van der Waals surface area contributed by atoms with Gasteiger partial charge in [-0.3, -0.25) is 4.79 Å². The maximum Gasteiger partial charge on any atom is 0.229 e. The minimum Gasteiger partial charge on any atom is -0.497 e. The van der Waals surface area contributed by atoms with Crippen molar-refractivity contribution in [2.24, 2.45) is 4.99 Å². The fourth-order valence-electron chi connectivity index (χ4n) is 2.83. The van der Waals surface area contributed by atoms with Crippen LogP contribution >= 0.6 is 0 Å². The molecule has 0 aromatic heterocycles. The number of anilines is 1. The van der Waals surface area contributed by atoms with Crippen LogP contribution in [0.4, 0.5) is 14.5 Å². The number of benzene rings is 2. The van der Waals surface area contributed by atoms with E-state index in [4.69, 9.17) is 9.57 Å². The third kappa shape index (κ3) is 4.22. The Bertz CT molecular complexity index is 904. The van der Waals surface area contributed by atoms with Gasteiger partial charge in [0.25, 0.3) is 0 Å². The number of hydroxylamine groups is 2. The molecule has 142 valence electrons. The van der Waals surface area contributed by atoms with Crippen LogP contribution in [0.2, 0.25) is 0 Å². The molecule has 3 rings (SSSR count). The number of methoxy groups -OCH3 is 1. The Labute approximate surface area is 155 Å². The van der Waals surface area contributed by atoms with Gasteiger partial charge in [-0.1, -0.05) is 6.07 Å². The molecule has 1 amide bonds. The Morgan fingerprint density at radius 1 is 1.30 bits per heavy atom. The topological polar surface area (TPSA) is 63.2 Å². The zero-order chi connectivity index (χ0) is 19.6. The first-order valence-corrected chi connectivity index (χ1v) is 8.22. The Kier molecular flexibility index (Phi) is 5.09. The molecule has 1 unspecified atom stereocenters. The van der Waals surface area contributed by atoms with E-state index in [1.165, 1.54) is 19.2 Å². The normalized spacial score (nSPS) is 19.0. The lowest BCUT2D eigenvalue weighted by atomic mass is 10.1. The van der Waals surface area contributed by atoms with Gasteiger partial charge in [0.05, 0.1) is 19.1 Å². The quantitative estimate of drug-likeness (QED) is 0.871. The van der Waals surface area contributed by atoms with Crippen molar-refractivity contribution in [2.45, 2.75) is 19.1 Å². The molecule has 1 atom stereocenters. The van der Waals surface area contributed by atoms with Crippen LogP contribution in [0.25, 0.3) is 0 Å². The lowest BCUT2D eigenvalue weighted by molar-refractivity contribution is -0.164. The summed E-state index contributed by atoms with van der Waals surface area (Å²) < 4.78 is 32.6. The van der Waals surface area contributed by atoms with E-state index in [1.807, 2.05) is 0 Å². The first kappa shape index (κ1) is 18.8. The third-order valence-electron chi connectivity index (χ3n) is 3.99. The number of hydrogen-bond donors (Lipinski definition) is 1. The van der Waals surface area contributed by atoms with Crippen molar-refractivity contribution in [3.63, 3.8) is 0 Å². The van der Waals surface area contributed by atoms with Crippen molar-refractivity contribution in [3.05, 3.63) is 59.7 Å². The second kappa shape index (κ2) is 7.32. The van der Waals surface area contributed by atoms with Crippen LogP contribution in [-0.2, 0) is 9.63 Å². The summed E-state index contributed by atoms with van der Waals surface area (Å²) in [4.78, 5) is 22.3. The van der Waals surface area contributed by atoms with Crippen molar-refractivity contribution >= 4 is 17.4 Å². The van der Waals surface area contributed by atoms with Gasteiger partial charge in [0, 0.05) is 18.8 Å². The number of halogens is 2. The average molecular weight is 375 g/mol. The molecule has 0 saturated carbocycles. The molecule has 1 N–H and O–H groups in total. The Morgan fingerprint density at radius 2 is 2.07 bits per heavy atom. The Morgan fingerprint density at radius 3 is 2.81 bits per heavy atom. The molecule has 0 aliphatic carbocycles. The van der Waals surface area contributed by atoms with Crippen LogP contribution in [0.5, 0.6) is 5.75 Å². The second-order valence-corrected chi connectivity index (χ2v) is 6.28. The number of hydrogen-bond acceptors (Lipinski definition) is 5. The number of amidine groups is 1. The fraction of sp³-hybridized carbons (Fsp3) is 0.263. The molecular weight excluding hydrogens is 356 g/mol. The lowest BCUT2D eigenvalue weighted by Crippen LogP contribution is -2.32. The molecule has 0 radical (unpaired) electrons. The summed E-state index contributed by atoms with van der Waals surface area (Å²) in [5, 5.41) is 3.97. The summed E-state index contributed by atoms with van der Waals surface area (Å²) in [7, 11) is 3.06. The maximum absolute atomic E-state index is 14.0. The maximum atomic E-state index is 14.0. The summed E-state index contributed by atoms with van der Waals surface area (Å²) in [5.74, 6) is -0.840. The van der Waals surface area contributed by atoms with E-state index in [1.54, 1.807) is 31.2 Å². The third-order valence-corrected chi connectivity index (χ3v) is 3.99. The van der Waals surface area contributed by atoms with Gasteiger partial charge in [-0.05, 0) is 37.3 Å². The molecule has 6 nitrogen and oxygen atoms in total. The number of aliphatic imine (C=N–C) groups is 1. The summed E-state index contributed by atoms with van der Waals surface area (Å²) >= 11 is 0. The van der Waals surface area contributed by atoms with Crippen molar-refractivity contribution < 1.29 is 23.1 Å². The number of carbonyl (C=O) groups is 1. The predicted molar refractivity (Wildman–Crippen MR) is 96.4 cm³/mol. The zero-order valence-electron chi connectivity index (χ0n) is 15.1. The van der Waals surface area contributed by atoms with Crippen LogP contribution < -0.4 is 10.1 Å². The van der Waals surface area contributed by atoms with E-state index in [0.717, 1.165) is 18.2 Å². The Balaban J connectivity index is 1.77. The molecular formula is C19H19F2N3O3. The highest BCUT2D eigenvalue weighted by Crippen LogP contribution is 2.29. The van der Waals surface area contributed by atoms with Crippen molar-refractivity contribution in [3.8, 4) is 5.75 Å². The molecule has 0 bridgehead atoms. The average Bonchev–Trinajstić information content (AvgIpc) is 2.91. The number of nitrogens with zero attached hydrogens (tertiary/aromatic N) is 2. The summed E-state index contributed by atoms with van der Waals surface area (Å²) in [6.45, 7) is 1.60. The number of carbonyl (C=O) groups excluding carboxylic acids is 1. The highest BCUT2D eigenvalue weighted by atomic mass is 19.1. The van der Waals surface area contributed by atoms with E-state index >= 15 is 0 Å². The van der Waals surface area contributed by atoms with Gasteiger partial charge in [-0.2, -0.15) is 0 Å². The van der Waals surface area contributed by atoms with Gasteiger partial charge in [0.1, 0.15) is 17.4 Å². The minimum atomic E-state index is -1.24. The molecule has 0 spiro atoms. The number of rotatable bonds is 5. The zero-order valence-corrected chi connectivity index (χ0v) is 15.1. The molecule has 2 aromatic rings. The molecule has 1 heterocycles. The van der Waals surface area contributed by atoms with Gasteiger partial charge in [0.15, 0.2) is 11.6 Å². The Hall–Kier alpha value is -3.00.